The highest BCUT2D eigenvalue weighted by molar-refractivity contribution is 7.11. The number of aromatic amines is 1. The van der Waals surface area contributed by atoms with Gasteiger partial charge in [-0.25, -0.2) is 14.8 Å². The molecule has 0 fully saturated rings. The van der Waals surface area contributed by atoms with Crippen LogP contribution in [0.2, 0.25) is 0 Å². The molecule has 1 atom stereocenters. The van der Waals surface area contributed by atoms with Gasteiger partial charge in [0.25, 0.3) is 5.91 Å². The number of rotatable bonds is 5. The number of amides is 1. The zero-order valence-electron chi connectivity index (χ0n) is 11.0. The molecule has 0 saturated carbocycles. The van der Waals surface area contributed by atoms with Gasteiger partial charge in [-0.3, -0.25) is 4.79 Å². The smallest absolute Gasteiger partial charge is 0.367 e. The lowest BCUT2D eigenvalue weighted by Gasteiger charge is -2.09. The van der Waals surface area contributed by atoms with Crippen LogP contribution in [-0.4, -0.2) is 33.4 Å². The van der Waals surface area contributed by atoms with Gasteiger partial charge in [0.05, 0.1) is 12.6 Å². The Morgan fingerprint density at radius 3 is 3.00 bits per heavy atom. The summed E-state index contributed by atoms with van der Waals surface area (Å²) >= 11 is 1.08. The molecule has 0 aliphatic heterocycles. The van der Waals surface area contributed by atoms with E-state index >= 15 is 0 Å². The maximum atomic E-state index is 12.0. The van der Waals surface area contributed by atoms with Gasteiger partial charge < -0.3 is 15.0 Å². The number of nitrogens with zero attached hydrogens (tertiary/aromatic N) is 2. The largest absolute Gasteiger partial charge is 0.461 e. The number of hydrogen-bond donors (Lipinski definition) is 2. The number of H-pyrrole nitrogens is 1. The molecule has 20 heavy (non-hydrogen) atoms. The molecule has 8 heteroatoms. The first-order chi connectivity index (χ1) is 9.61. The van der Waals surface area contributed by atoms with Gasteiger partial charge in [0.15, 0.2) is 0 Å². The van der Waals surface area contributed by atoms with E-state index in [-0.39, 0.29) is 29.3 Å². The number of carbonyl (C=O) groups is 2. The second-order valence-electron chi connectivity index (χ2n) is 3.93. The summed E-state index contributed by atoms with van der Waals surface area (Å²) in [5.41, 5.74) is 0.191. The second kappa shape index (κ2) is 6.29. The van der Waals surface area contributed by atoms with Gasteiger partial charge in [-0.1, -0.05) is 0 Å². The van der Waals surface area contributed by atoms with Gasteiger partial charge in [-0.05, 0) is 13.8 Å². The number of thiazole rings is 1. The summed E-state index contributed by atoms with van der Waals surface area (Å²) < 4.78 is 4.82. The molecular weight excluding hydrogens is 280 g/mol. The van der Waals surface area contributed by atoms with E-state index in [1.54, 1.807) is 26.2 Å². The molecule has 0 saturated heterocycles. The van der Waals surface area contributed by atoms with Crippen LogP contribution in [0.25, 0.3) is 0 Å². The van der Waals surface area contributed by atoms with Crippen molar-refractivity contribution in [2.45, 2.75) is 19.9 Å². The van der Waals surface area contributed by atoms with Gasteiger partial charge in [0, 0.05) is 17.8 Å². The monoisotopic (exact) mass is 294 g/mol. The Kier molecular flexibility index (Phi) is 4.46. The maximum Gasteiger partial charge on any atom is 0.367 e. The first-order valence-electron chi connectivity index (χ1n) is 6.04. The van der Waals surface area contributed by atoms with Crippen LogP contribution in [-0.2, 0) is 4.74 Å². The molecule has 0 aliphatic rings. The zero-order valence-corrected chi connectivity index (χ0v) is 11.9. The average molecular weight is 294 g/mol. The molecule has 2 rings (SSSR count). The molecule has 0 radical (unpaired) electrons. The van der Waals surface area contributed by atoms with E-state index in [9.17, 15) is 9.59 Å². The Morgan fingerprint density at radius 2 is 2.35 bits per heavy atom. The molecule has 0 aliphatic carbocycles. The summed E-state index contributed by atoms with van der Waals surface area (Å²) in [6.45, 7) is 3.79. The lowest BCUT2D eigenvalue weighted by atomic mass is 10.3. The summed E-state index contributed by atoms with van der Waals surface area (Å²) in [4.78, 5) is 34.4. The minimum absolute atomic E-state index is 0.169. The SMILES string of the molecule is CCOC(=O)c1nc(C(=O)NC(C)c2ncc[nH]2)cs1. The Hall–Kier alpha value is -2.22. The average Bonchev–Trinajstić information content (AvgIpc) is 3.10. The molecule has 7 nitrogen and oxygen atoms in total. The summed E-state index contributed by atoms with van der Waals surface area (Å²) in [5, 5.41) is 4.44. The number of esters is 1. The van der Waals surface area contributed by atoms with Crippen LogP contribution in [0, 0.1) is 0 Å². The quantitative estimate of drug-likeness (QED) is 0.815. The van der Waals surface area contributed by atoms with Crippen molar-refractivity contribution < 1.29 is 14.3 Å². The van der Waals surface area contributed by atoms with Gasteiger partial charge in [0.2, 0.25) is 5.01 Å². The third kappa shape index (κ3) is 3.21. The summed E-state index contributed by atoms with van der Waals surface area (Å²) in [6, 6.07) is -0.273. The summed E-state index contributed by atoms with van der Waals surface area (Å²) in [6.07, 6.45) is 3.29. The standard InChI is InChI=1S/C12H14N4O3S/c1-3-19-12(18)11-16-8(6-20-11)10(17)15-7(2)9-13-4-5-14-9/h4-7H,3H2,1-2H3,(H,13,14)(H,15,17). The van der Waals surface area contributed by atoms with Crippen LogP contribution in [0.3, 0.4) is 0 Å². The predicted molar refractivity (Wildman–Crippen MR) is 72.5 cm³/mol. The number of hydrogen-bond acceptors (Lipinski definition) is 6. The number of carbonyl (C=O) groups excluding carboxylic acids is 2. The fourth-order valence-corrected chi connectivity index (χ4v) is 2.21. The van der Waals surface area contributed by atoms with Crippen molar-refractivity contribution in [1.82, 2.24) is 20.3 Å². The third-order valence-corrected chi connectivity index (χ3v) is 3.29. The van der Waals surface area contributed by atoms with E-state index in [0.29, 0.717) is 5.82 Å². The van der Waals surface area contributed by atoms with Crippen LogP contribution in [0.1, 0.15) is 46.0 Å². The van der Waals surface area contributed by atoms with E-state index in [1.165, 1.54) is 5.38 Å². The number of nitrogens with one attached hydrogen (secondary N) is 2. The summed E-state index contributed by atoms with van der Waals surface area (Å²) in [7, 11) is 0. The van der Waals surface area contributed by atoms with Crippen molar-refractivity contribution in [2.24, 2.45) is 0 Å². The van der Waals surface area contributed by atoms with Crippen molar-refractivity contribution in [1.29, 1.82) is 0 Å². The lowest BCUT2D eigenvalue weighted by Crippen LogP contribution is -2.27. The predicted octanol–water partition coefficient (Wildman–Crippen LogP) is 1.53. The number of imidazole rings is 1. The summed E-state index contributed by atoms with van der Waals surface area (Å²) in [5.74, 6) is -0.226. The van der Waals surface area contributed by atoms with Crippen molar-refractivity contribution in [3.05, 3.63) is 34.3 Å². The van der Waals surface area contributed by atoms with E-state index < -0.39 is 5.97 Å². The molecule has 106 valence electrons. The highest BCUT2D eigenvalue weighted by atomic mass is 32.1. The molecule has 2 aromatic rings. The molecule has 1 unspecified atom stereocenters. The van der Waals surface area contributed by atoms with Crippen LogP contribution in [0.4, 0.5) is 0 Å². The number of ether oxygens (including phenoxy) is 1. The van der Waals surface area contributed by atoms with Gasteiger partial charge in [-0.2, -0.15) is 0 Å². The van der Waals surface area contributed by atoms with Gasteiger partial charge in [0.1, 0.15) is 11.5 Å². The first kappa shape index (κ1) is 14.2. The minimum atomic E-state index is -0.518. The fourth-order valence-electron chi connectivity index (χ4n) is 1.52. The lowest BCUT2D eigenvalue weighted by molar-refractivity contribution is 0.0526. The van der Waals surface area contributed by atoms with Gasteiger partial charge >= 0.3 is 5.97 Å². The molecular formula is C12H14N4O3S. The van der Waals surface area contributed by atoms with E-state index in [2.05, 4.69) is 20.3 Å². The normalized spacial score (nSPS) is 11.9. The number of aromatic nitrogens is 3. The van der Waals surface area contributed by atoms with Crippen LogP contribution >= 0.6 is 11.3 Å². The minimum Gasteiger partial charge on any atom is -0.461 e. The maximum absolute atomic E-state index is 12.0. The molecule has 2 heterocycles. The van der Waals surface area contributed by atoms with E-state index in [4.69, 9.17) is 4.74 Å². The first-order valence-corrected chi connectivity index (χ1v) is 6.92. The Balaban J connectivity index is 2.01. The molecule has 0 bridgehead atoms. The van der Waals surface area contributed by atoms with Crippen molar-refractivity contribution >= 4 is 23.2 Å². The van der Waals surface area contributed by atoms with Crippen LogP contribution < -0.4 is 5.32 Å². The molecule has 2 aromatic heterocycles. The second-order valence-corrected chi connectivity index (χ2v) is 4.79. The van der Waals surface area contributed by atoms with Crippen LogP contribution in [0.5, 0.6) is 0 Å². The fraction of sp³-hybridized carbons (Fsp3) is 0.333. The topological polar surface area (TPSA) is 97.0 Å². The highest BCUT2D eigenvalue weighted by Crippen LogP contribution is 2.13. The Labute approximate surface area is 119 Å². The van der Waals surface area contributed by atoms with Crippen molar-refractivity contribution in [2.75, 3.05) is 6.61 Å². The zero-order chi connectivity index (χ0) is 14.5. The van der Waals surface area contributed by atoms with Crippen molar-refractivity contribution in [3.63, 3.8) is 0 Å². The van der Waals surface area contributed by atoms with E-state index in [0.717, 1.165) is 11.3 Å². The van der Waals surface area contributed by atoms with E-state index in [1.807, 2.05) is 0 Å². The van der Waals surface area contributed by atoms with Crippen LogP contribution in [0.15, 0.2) is 17.8 Å². The Morgan fingerprint density at radius 1 is 1.55 bits per heavy atom. The van der Waals surface area contributed by atoms with Crippen molar-refractivity contribution in [3.8, 4) is 0 Å². The molecule has 1 amide bonds. The molecule has 0 aromatic carbocycles. The molecule has 0 spiro atoms. The molecule has 2 N–H and O–H groups in total. The third-order valence-electron chi connectivity index (χ3n) is 2.46. The highest BCUT2D eigenvalue weighted by Gasteiger charge is 2.18. The van der Waals surface area contributed by atoms with Gasteiger partial charge in [-0.15, -0.1) is 11.3 Å². The Bertz CT molecular complexity index is 594.